The molecule has 0 radical (unpaired) electrons. The third kappa shape index (κ3) is 4.21. The zero-order valence-corrected chi connectivity index (χ0v) is 16.5. The Morgan fingerprint density at radius 1 is 0.929 bits per heavy atom. The van der Waals surface area contributed by atoms with Crippen LogP contribution in [0, 0.1) is 11.8 Å². The van der Waals surface area contributed by atoms with E-state index in [2.05, 4.69) is 10.2 Å². The van der Waals surface area contributed by atoms with E-state index in [0.29, 0.717) is 18.4 Å². The topological polar surface area (TPSA) is 49.4 Å². The van der Waals surface area contributed by atoms with Crippen LogP contribution in [0.1, 0.15) is 55.3 Å². The quantitative estimate of drug-likeness (QED) is 0.858. The minimum Gasteiger partial charge on any atom is -0.352 e. The predicted octanol–water partition coefficient (Wildman–Crippen LogP) is 4.39. The second-order valence-corrected chi connectivity index (χ2v) is 8.36. The highest BCUT2D eigenvalue weighted by Gasteiger charge is 2.29. The summed E-state index contributed by atoms with van der Waals surface area (Å²) in [6, 6.07) is 13.8. The summed E-state index contributed by atoms with van der Waals surface area (Å²) in [6.07, 6.45) is 7.86. The van der Waals surface area contributed by atoms with Crippen LogP contribution in [0.15, 0.2) is 42.5 Å². The zero-order valence-electron chi connectivity index (χ0n) is 16.5. The van der Waals surface area contributed by atoms with Gasteiger partial charge in [0.1, 0.15) is 0 Å². The van der Waals surface area contributed by atoms with Crippen LogP contribution < -0.4 is 5.32 Å². The van der Waals surface area contributed by atoms with Crippen LogP contribution in [0.4, 0.5) is 0 Å². The van der Waals surface area contributed by atoms with Gasteiger partial charge in [-0.3, -0.25) is 9.59 Å². The Kier molecular flexibility index (Phi) is 5.94. The van der Waals surface area contributed by atoms with Gasteiger partial charge < -0.3 is 10.2 Å². The normalized spacial score (nSPS) is 20.9. The van der Waals surface area contributed by atoms with E-state index in [-0.39, 0.29) is 11.8 Å². The number of amides is 2. The van der Waals surface area contributed by atoms with Gasteiger partial charge in [0.05, 0.1) is 0 Å². The fourth-order valence-corrected chi connectivity index (χ4v) is 4.80. The van der Waals surface area contributed by atoms with Gasteiger partial charge in [0.25, 0.3) is 5.91 Å². The summed E-state index contributed by atoms with van der Waals surface area (Å²) in [5.74, 6) is 0.912. The summed E-state index contributed by atoms with van der Waals surface area (Å²) in [6.45, 7) is 2.30. The molecule has 2 fully saturated rings. The Hall–Kier alpha value is -2.36. The lowest BCUT2D eigenvalue weighted by molar-refractivity contribution is -0.138. The van der Waals surface area contributed by atoms with E-state index in [1.165, 1.54) is 19.3 Å². The highest BCUT2D eigenvalue weighted by Crippen LogP contribution is 2.27. The molecular weight excluding hydrogens is 348 g/mol. The van der Waals surface area contributed by atoms with Crippen molar-refractivity contribution in [2.24, 2.45) is 11.8 Å². The van der Waals surface area contributed by atoms with Crippen LogP contribution in [0.5, 0.6) is 0 Å². The number of nitrogens with zero attached hydrogens (tertiary/aromatic N) is 1. The molecule has 2 aromatic carbocycles. The lowest BCUT2D eigenvalue weighted by atomic mass is 9.87. The van der Waals surface area contributed by atoms with Gasteiger partial charge in [-0.25, -0.2) is 0 Å². The number of fused-ring (bicyclic) bond motifs is 1. The van der Waals surface area contributed by atoms with Crippen molar-refractivity contribution in [3.63, 3.8) is 0 Å². The Morgan fingerprint density at radius 3 is 2.57 bits per heavy atom. The number of hydrogen-bond donors (Lipinski definition) is 1. The molecular formula is C24H30N2O2. The fourth-order valence-electron chi connectivity index (χ4n) is 4.80. The molecule has 2 amide bonds. The van der Waals surface area contributed by atoms with Crippen molar-refractivity contribution in [3.8, 4) is 0 Å². The molecule has 2 aromatic rings. The molecule has 4 rings (SSSR count). The maximum Gasteiger partial charge on any atom is 0.251 e. The standard InChI is InChI=1S/C24H30N2O2/c27-23(22-14-6-12-19-9-4-5-13-21(19)22)25-16-18-8-7-15-26(17-18)24(28)20-10-2-1-3-11-20/h4-6,9,12-14,18,20H,1-3,7-8,10-11,15-17H2,(H,25,27)/t18-/m1/s1. The minimum atomic E-state index is -0.0208. The maximum absolute atomic E-state index is 12.8. The average Bonchev–Trinajstić information content (AvgIpc) is 2.77. The van der Waals surface area contributed by atoms with E-state index in [1.807, 2.05) is 42.5 Å². The molecule has 1 saturated carbocycles. The van der Waals surface area contributed by atoms with Crippen molar-refractivity contribution >= 4 is 22.6 Å². The van der Waals surface area contributed by atoms with Gasteiger partial charge in [-0.15, -0.1) is 0 Å². The minimum absolute atomic E-state index is 0.0208. The van der Waals surface area contributed by atoms with E-state index < -0.39 is 0 Å². The van der Waals surface area contributed by atoms with Gasteiger partial charge in [0.15, 0.2) is 0 Å². The smallest absolute Gasteiger partial charge is 0.251 e. The number of piperidine rings is 1. The molecule has 4 nitrogen and oxygen atoms in total. The van der Waals surface area contributed by atoms with Crippen molar-refractivity contribution in [1.29, 1.82) is 0 Å². The van der Waals surface area contributed by atoms with Gasteiger partial charge in [-0.05, 0) is 48.4 Å². The Bertz CT molecular complexity index is 836. The molecule has 28 heavy (non-hydrogen) atoms. The number of hydrogen-bond acceptors (Lipinski definition) is 2. The first kappa shape index (κ1) is 19.0. The molecule has 1 aliphatic heterocycles. The molecule has 0 spiro atoms. The van der Waals surface area contributed by atoms with Crippen LogP contribution in [0.2, 0.25) is 0 Å². The van der Waals surface area contributed by atoms with Gasteiger partial charge in [0.2, 0.25) is 5.91 Å². The molecule has 1 atom stereocenters. The van der Waals surface area contributed by atoms with Gasteiger partial charge >= 0.3 is 0 Å². The van der Waals surface area contributed by atoms with Crippen molar-refractivity contribution < 1.29 is 9.59 Å². The number of carbonyl (C=O) groups is 2. The highest BCUT2D eigenvalue weighted by molar-refractivity contribution is 6.07. The third-order valence-electron chi connectivity index (χ3n) is 6.37. The molecule has 0 aromatic heterocycles. The number of benzene rings is 2. The van der Waals surface area contributed by atoms with Gasteiger partial charge in [-0.2, -0.15) is 0 Å². The van der Waals surface area contributed by atoms with E-state index >= 15 is 0 Å². The maximum atomic E-state index is 12.8. The molecule has 1 N–H and O–H groups in total. The van der Waals surface area contributed by atoms with Crippen molar-refractivity contribution in [2.75, 3.05) is 19.6 Å². The van der Waals surface area contributed by atoms with Crippen LogP contribution in [-0.4, -0.2) is 36.3 Å². The molecule has 148 valence electrons. The second kappa shape index (κ2) is 8.76. The van der Waals surface area contributed by atoms with Crippen LogP contribution >= 0.6 is 0 Å². The number of nitrogens with one attached hydrogen (secondary N) is 1. The molecule has 2 aliphatic rings. The number of carbonyl (C=O) groups excluding carboxylic acids is 2. The lowest BCUT2D eigenvalue weighted by Crippen LogP contribution is -2.46. The third-order valence-corrected chi connectivity index (χ3v) is 6.37. The summed E-state index contributed by atoms with van der Waals surface area (Å²) in [5, 5.41) is 5.19. The predicted molar refractivity (Wildman–Crippen MR) is 112 cm³/mol. The van der Waals surface area contributed by atoms with Crippen LogP contribution in [-0.2, 0) is 4.79 Å². The molecule has 1 saturated heterocycles. The SMILES string of the molecule is O=C(NC[C@H]1CCCN(C(=O)C2CCCCC2)C1)c1cccc2ccccc12. The largest absolute Gasteiger partial charge is 0.352 e. The Balaban J connectivity index is 1.35. The first-order valence-electron chi connectivity index (χ1n) is 10.8. The first-order valence-corrected chi connectivity index (χ1v) is 10.8. The number of likely N-dealkylation sites (tertiary alicyclic amines) is 1. The van der Waals surface area contributed by atoms with Gasteiger partial charge in [-0.1, -0.05) is 55.7 Å². The number of rotatable bonds is 4. The summed E-state index contributed by atoms with van der Waals surface area (Å²) in [4.78, 5) is 27.7. The van der Waals surface area contributed by atoms with E-state index in [9.17, 15) is 9.59 Å². The van der Waals surface area contributed by atoms with Crippen LogP contribution in [0.25, 0.3) is 10.8 Å². The van der Waals surface area contributed by atoms with Gasteiger partial charge in [0, 0.05) is 31.1 Å². The fraction of sp³-hybridized carbons (Fsp3) is 0.500. The summed E-state index contributed by atoms with van der Waals surface area (Å²) in [5.41, 5.74) is 0.726. The molecule has 0 unspecified atom stereocenters. The van der Waals surface area contributed by atoms with E-state index in [4.69, 9.17) is 0 Å². The average molecular weight is 379 g/mol. The summed E-state index contributed by atoms with van der Waals surface area (Å²) in [7, 11) is 0. The molecule has 4 heteroatoms. The molecule has 1 aliphatic carbocycles. The molecule has 1 heterocycles. The lowest BCUT2D eigenvalue weighted by Gasteiger charge is -2.36. The van der Waals surface area contributed by atoms with Crippen molar-refractivity contribution in [3.05, 3.63) is 48.0 Å². The van der Waals surface area contributed by atoms with Crippen molar-refractivity contribution in [1.82, 2.24) is 10.2 Å². The Labute approximate surface area is 167 Å². The summed E-state index contributed by atoms with van der Waals surface area (Å²) < 4.78 is 0. The Morgan fingerprint density at radius 2 is 1.71 bits per heavy atom. The monoisotopic (exact) mass is 378 g/mol. The van der Waals surface area contributed by atoms with Crippen molar-refractivity contribution in [2.45, 2.75) is 44.9 Å². The first-order chi connectivity index (χ1) is 13.7. The highest BCUT2D eigenvalue weighted by atomic mass is 16.2. The van der Waals surface area contributed by atoms with E-state index in [1.54, 1.807) is 0 Å². The zero-order chi connectivity index (χ0) is 19.3. The van der Waals surface area contributed by atoms with Crippen LogP contribution in [0.3, 0.4) is 0 Å². The van der Waals surface area contributed by atoms with E-state index in [0.717, 1.165) is 55.1 Å². The second-order valence-electron chi connectivity index (χ2n) is 8.36. The molecule has 0 bridgehead atoms. The summed E-state index contributed by atoms with van der Waals surface area (Å²) >= 11 is 0.